The fraction of sp³-hybridized carbons (Fsp3) is 0.188. The van der Waals surface area contributed by atoms with Crippen LogP contribution in [-0.2, 0) is 5.41 Å². The zero-order chi connectivity index (χ0) is 23.3. The maximum absolute atomic E-state index is 9.70. The summed E-state index contributed by atoms with van der Waals surface area (Å²) in [7, 11) is 0. The zero-order valence-electron chi connectivity index (χ0n) is 19.2. The van der Waals surface area contributed by atoms with E-state index in [2.05, 4.69) is 59.0 Å². The van der Waals surface area contributed by atoms with E-state index in [-0.39, 0.29) is 5.41 Å². The monoisotopic (exact) mass is 447 g/mol. The first-order valence-corrected chi connectivity index (χ1v) is 12.5. The Morgan fingerprint density at radius 1 is 0.686 bits per heavy atom. The van der Waals surface area contributed by atoms with Gasteiger partial charge in [-0.3, -0.25) is 0 Å². The molecule has 1 spiro atoms. The van der Waals surface area contributed by atoms with Crippen molar-refractivity contribution in [2.45, 2.75) is 37.5 Å². The van der Waals surface area contributed by atoms with Crippen LogP contribution in [0.2, 0.25) is 0 Å². The fourth-order valence-corrected chi connectivity index (χ4v) is 7.41. The molecule has 2 aliphatic carbocycles. The van der Waals surface area contributed by atoms with Crippen molar-refractivity contribution in [3.8, 4) is 23.3 Å². The average Bonchev–Trinajstić information content (AvgIpc) is 3.51. The Morgan fingerprint density at radius 3 is 2.11 bits per heavy atom. The van der Waals surface area contributed by atoms with Gasteiger partial charge in [-0.2, -0.15) is 10.5 Å². The molecule has 0 saturated heterocycles. The molecule has 3 nitrogen and oxygen atoms in total. The molecular formula is C32H21N3. The van der Waals surface area contributed by atoms with Crippen LogP contribution in [0, 0.1) is 22.7 Å². The molecule has 0 radical (unpaired) electrons. The summed E-state index contributed by atoms with van der Waals surface area (Å²) in [6, 6.07) is 28.2. The highest BCUT2D eigenvalue weighted by Gasteiger charge is 2.46. The first kappa shape index (κ1) is 19.0. The van der Waals surface area contributed by atoms with E-state index in [1.807, 2.05) is 24.3 Å². The van der Waals surface area contributed by atoms with E-state index in [0.29, 0.717) is 11.1 Å². The number of hydrogen-bond donors (Lipinski definition) is 0. The molecule has 0 unspecified atom stereocenters. The van der Waals surface area contributed by atoms with Gasteiger partial charge in [-0.1, -0.05) is 55.7 Å². The van der Waals surface area contributed by atoms with Gasteiger partial charge in [-0.25, -0.2) is 0 Å². The SMILES string of the molecule is N#Cc1ccc2c3cc4c(c5c6ccc(C#N)cc6n(c2c1)c35)C1(CCCCC1)c1ccccc1-4. The van der Waals surface area contributed by atoms with Gasteiger partial charge >= 0.3 is 0 Å². The fourth-order valence-electron chi connectivity index (χ4n) is 7.41. The minimum Gasteiger partial charge on any atom is -0.308 e. The van der Waals surface area contributed by atoms with E-state index in [0.717, 1.165) is 16.4 Å². The van der Waals surface area contributed by atoms with Gasteiger partial charge in [-0.05, 0) is 65.4 Å². The molecule has 8 rings (SSSR count). The molecule has 4 aromatic carbocycles. The van der Waals surface area contributed by atoms with Crippen molar-refractivity contribution in [2.24, 2.45) is 0 Å². The molecule has 1 saturated carbocycles. The number of nitrogens with zero attached hydrogens (tertiary/aromatic N) is 3. The summed E-state index contributed by atoms with van der Waals surface area (Å²) in [5.41, 5.74) is 10.4. The predicted molar refractivity (Wildman–Crippen MR) is 140 cm³/mol. The molecule has 35 heavy (non-hydrogen) atoms. The second-order valence-electron chi connectivity index (χ2n) is 10.3. The van der Waals surface area contributed by atoms with Gasteiger partial charge in [0.1, 0.15) is 0 Å². The van der Waals surface area contributed by atoms with Crippen LogP contribution < -0.4 is 0 Å². The Hall–Kier alpha value is -4.34. The minimum absolute atomic E-state index is 0.0440. The lowest BCUT2D eigenvalue weighted by molar-refractivity contribution is 0.355. The number of fused-ring (bicyclic) bond motifs is 12. The van der Waals surface area contributed by atoms with Gasteiger partial charge in [0.2, 0.25) is 0 Å². The van der Waals surface area contributed by atoms with Crippen LogP contribution in [0.25, 0.3) is 49.2 Å². The Morgan fingerprint density at radius 2 is 1.37 bits per heavy atom. The van der Waals surface area contributed by atoms with E-state index in [1.165, 1.54) is 76.0 Å². The van der Waals surface area contributed by atoms with E-state index >= 15 is 0 Å². The van der Waals surface area contributed by atoms with Gasteiger partial charge < -0.3 is 4.40 Å². The summed E-state index contributed by atoms with van der Waals surface area (Å²) in [6.45, 7) is 0. The number of aromatic nitrogens is 1. The van der Waals surface area contributed by atoms with Crippen molar-refractivity contribution in [3.63, 3.8) is 0 Å². The Kier molecular flexibility index (Phi) is 3.48. The lowest BCUT2D eigenvalue weighted by Crippen LogP contribution is -2.28. The van der Waals surface area contributed by atoms with E-state index in [1.54, 1.807) is 0 Å². The Labute approximate surface area is 202 Å². The van der Waals surface area contributed by atoms with Crippen LogP contribution in [0.4, 0.5) is 0 Å². The van der Waals surface area contributed by atoms with Crippen LogP contribution in [0.1, 0.15) is 54.4 Å². The summed E-state index contributed by atoms with van der Waals surface area (Å²) in [4.78, 5) is 0. The summed E-state index contributed by atoms with van der Waals surface area (Å²) in [5, 5.41) is 24.3. The maximum atomic E-state index is 9.70. The van der Waals surface area contributed by atoms with Crippen molar-refractivity contribution in [1.29, 1.82) is 10.5 Å². The Balaban J connectivity index is 1.67. The highest BCUT2D eigenvalue weighted by atomic mass is 14.9. The normalized spacial score (nSPS) is 16.2. The quantitative estimate of drug-likeness (QED) is 0.238. The van der Waals surface area contributed by atoms with Crippen molar-refractivity contribution >= 4 is 38.1 Å². The van der Waals surface area contributed by atoms with Crippen LogP contribution in [0.15, 0.2) is 66.7 Å². The molecule has 3 heteroatoms. The lowest BCUT2D eigenvalue weighted by Gasteiger charge is -2.36. The summed E-state index contributed by atoms with van der Waals surface area (Å²) >= 11 is 0. The van der Waals surface area contributed by atoms with Gasteiger partial charge in [0.25, 0.3) is 0 Å². The van der Waals surface area contributed by atoms with Crippen molar-refractivity contribution < 1.29 is 0 Å². The van der Waals surface area contributed by atoms with E-state index in [9.17, 15) is 10.5 Å². The highest BCUT2D eigenvalue weighted by Crippen LogP contribution is 2.60. The minimum atomic E-state index is 0.0440. The zero-order valence-corrected chi connectivity index (χ0v) is 19.2. The molecule has 0 amide bonds. The van der Waals surface area contributed by atoms with Crippen LogP contribution in [0.3, 0.4) is 0 Å². The molecule has 0 aliphatic heterocycles. The summed E-state index contributed by atoms with van der Waals surface area (Å²) in [5.74, 6) is 0. The van der Waals surface area contributed by atoms with Crippen LogP contribution >= 0.6 is 0 Å². The third-order valence-corrected chi connectivity index (χ3v) is 8.74. The number of benzene rings is 4. The number of nitriles is 2. The molecule has 6 aromatic rings. The second kappa shape index (κ2) is 6.41. The van der Waals surface area contributed by atoms with Crippen LogP contribution in [-0.4, -0.2) is 4.40 Å². The molecule has 2 aliphatic rings. The topological polar surface area (TPSA) is 52.0 Å². The molecule has 2 aromatic heterocycles. The molecule has 1 fully saturated rings. The number of hydrogen-bond acceptors (Lipinski definition) is 2. The highest BCUT2D eigenvalue weighted by molar-refractivity contribution is 6.26. The van der Waals surface area contributed by atoms with E-state index < -0.39 is 0 Å². The summed E-state index contributed by atoms with van der Waals surface area (Å²) < 4.78 is 2.32. The van der Waals surface area contributed by atoms with Crippen molar-refractivity contribution in [3.05, 3.63) is 89.0 Å². The Bertz CT molecular complexity index is 1950. The van der Waals surface area contributed by atoms with Gasteiger partial charge in [0, 0.05) is 27.0 Å². The van der Waals surface area contributed by atoms with Crippen molar-refractivity contribution in [1.82, 2.24) is 4.40 Å². The number of rotatable bonds is 0. The molecule has 0 atom stereocenters. The van der Waals surface area contributed by atoms with Gasteiger partial charge in [-0.15, -0.1) is 0 Å². The molecular weight excluding hydrogens is 426 g/mol. The standard InChI is InChI=1S/C32H21N3/c33-17-19-8-10-22-25-16-24-21-6-2-3-7-26(21)32(12-4-1-5-13-32)30(24)29-23-11-9-20(18-34)15-28(23)35(31(25)29)27(22)14-19/h2-3,6-11,14-16H,1,4-5,12-13H2. The predicted octanol–water partition coefficient (Wildman–Crippen LogP) is 7.81. The lowest BCUT2D eigenvalue weighted by atomic mass is 9.67. The van der Waals surface area contributed by atoms with Gasteiger partial charge in [0.15, 0.2) is 0 Å². The third kappa shape index (κ3) is 2.15. The first-order valence-electron chi connectivity index (χ1n) is 12.5. The maximum Gasteiger partial charge on any atom is 0.0992 e. The van der Waals surface area contributed by atoms with Crippen LogP contribution in [0.5, 0.6) is 0 Å². The van der Waals surface area contributed by atoms with Crippen molar-refractivity contribution in [2.75, 3.05) is 0 Å². The largest absolute Gasteiger partial charge is 0.308 e. The first-order chi connectivity index (χ1) is 17.2. The summed E-state index contributed by atoms with van der Waals surface area (Å²) in [6.07, 6.45) is 6.16. The van der Waals surface area contributed by atoms with E-state index in [4.69, 9.17) is 0 Å². The molecule has 2 heterocycles. The molecule has 164 valence electrons. The third-order valence-electron chi connectivity index (χ3n) is 8.74. The van der Waals surface area contributed by atoms with Gasteiger partial charge in [0.05, 0.1) is 39.8 Å². The average molecular weight is 448 g/mol. The smallest absolute Gasteiger partial charge is 0.0992 e. The molecule has 0 bridgehead atoms. The second-order valence-corrected chi connectivity index (χ2v) is 10.3. The molecule has 0 N–H and O–H groups in total.